The Morgan fingerprint density at radius 1 is 0.943 bits per heavy atom. The molecule has 10 heteroatoms. The number of hydrogen-bond donors (Lipinski definition) is 1. The highest BCUT2D eigenvalue weighted by molar-refractivity contribution is 5.90. The number of rotatable bonds is 8. The van der Waals surface area contributed by atoms with E-state index in [0.29, 0.717) is 24.2 Å². The van der Waals surface area contributed by atoms with Crippen molar-refractivity contribution in [1.82, 2.24) is 9.47 Å². The second-order valence-corrected chi connectivity index (χ2v) is 8.07. The van der Waals surface area contributed by atoms with E-state index >= 15 is 0 Å². The largest absolute Gasteiger partial charge is 0.418 e. The Labute approximate surface area is 199 Å². The molecule has 0 aliphatic rings. The lowest BCUT2D eigenvalue weighted by molar-refractivity contribution is -0.138. The number of hydrogen-bond acceptors (Lipinski definition) is 1. The number of urea groups is 1. The molecular formula is C25H25F6N3O. The molecule has 0 bridgehead atoms. The molecule has 0 aliphatic heterocycles. The molecule has 0 fully saturated rings. The number of para-hydroxylation sites is 1. The zero-order valence-corrected chi connectivity index (χ0v) is 19.0. The van der Waals surface area contributed by atoms with Crippen LogP contribution in [0, 0.1) is 0 Å². The SMILES string of the molecule is CCCCN(Cc1cccn1Cc1cccc(C(F)(F)F)c1)C(=O)Nc1ccccc1C(F)(F)F. The molecule has 35 heavy (non-hydrogen) atoms. The van der Waals surface area contributed by atoms with Crippen LogP contribution in [-0.4, -0.2) is 22.0 Å². The minimum absolute atomic E-state index is 0.0754. The summed E-state index contributed by atoms with van der Waals surface area (Å²) in [4.78, 5) is 14.4. The number of unbranched alkanes of at least 4 members (excludes halogenated alkanes) is 1. The lowest BCUT2D eigenvalue weighted by Crippen LogP contribution is -2.36. The van der Waals surface area contributed by atoms with Crippen molar-refractivity contribution in [2.45, 2.75) is 45.2 Å². The summed E-state index contributed by atoms with van der Waals surface area (Å²) in [5.41, 5.74) is -0.975. The monoisotopic (exact) mass is 497 g/mol. The summed E-state index contributed by atoms with van der Waals surface area (Å²) in [5.74, 6) is 0. The highest BCUT2D eigenvalue weighted by Crippen LogP contribution is 2.35. The number of benzene rings is 2. The summed E-state index contributed by atoms with van der Waals surface area (Å²) in [7, 11) is 0. The lowest BCUT2D eigenvalue weighted by Gasteiger charge is -2.25. The standard InChI is InChI=1S/C25H25F6N3O/c1-2-3-13-34(23(35)32-22-12-5-4-11-21(22)25(29,30)31)17-20-10-7-14-33(20)16-18-8-6-9-19(15-18)24(26,27)28/h4-12,14-15H,2-3,13,16-17H2,1H3,(H,32,35). The molecule has 3 aromatic rings. The van der Waals surface area contributed by atoms with Gasteiger partial charge < -0.3 is 14.8 Å². The van der Waals surface area contributed by atoms with Crippen LogP contribution in [0.3, 0.4) is 0 Å². The van der Waals surface area contributed by atoms with Crippen LogP contribution in [0.25, 0.3) is 0 Å². The number of nitrogens with zero attached hydrogens (tertiary/aromatic N) is 2. The molecule has 0 atom stereocenters. The summed E-state index contributed by atoms with van der Waals surface area (Å²) < 4.78 is 80.9. The molecule has 2 amide bonds. The van der Waals surface area contributed by atoms with E-state index in [4.69, 9.17) is 0 Å². The lowest BCUT2D eigenvalue weighted by atomic mass is 10.1. The van der Waals surface area contributed by atoms with Crippen molar-refractivity contribution in [2.75, 3.05) is 11.9 Å². The van der Waals surface area contributed by atoms with Crippen molar-refractivity contribution in [2.24, 2.45) is 0 Å². The van der Waals surface area contributed by atoms with Gasteiger partial charge in [-0.2, -0.15) is 26.3 Å². The average molecular weight is 497 g/mol. The third kappa shape index (κ3) is 7.03. The molecule has 3 rings (SSSR count). The van der Waals surface area contributed by atoms with Crippen LogP contribution < -0.4 is 5.32 Å². The first-order valence-corrected chi connectivity index (χ1v) is 11.0. The smallest absolute Gasteiger partial charge is 0.345 e. The maximum Gasteiger partial charge on any atom is 0.418 e. The highest BCUT2D eigenvalue weighted by atomic mass is 19.4. The Balaban J connectivity index is 1.80. The van der Waals surface area contributed by atoms with E-state index in [1.165, 1.54) is 29.2 Å². The van der Waals surface area contributed by atoms with Gasteiger partial charge in [-0.15, -0.1) is 0 Å². The summed E-state index contributed by atoms with van der Waals surface area (Å²) in [6.07, 6.45) is -6.02. The third-order valence-corrected chi connectivity index (χ3v) is 5.43. The van der Waals surface area contributed by atoms with Gasteiger partial charge in [-0.05, 0) is 48.4 Å². The molecule has 0 radical (unpaired) electrons. The number of anilines is 1. The highest BCUT2D eigenvalue weighted by Gasteiger charge is 2.34. The van der Waals surface area contributed by atoms with Crippen LogP contribution in [-0.2, 0) is 25.4 Å². The van der Waals surface area contributed by atoms with Crippen LogP contribution >= 0.6 is 0 Å². The van der Waals surface area contributed by atoms with Crippen LogP contribution in [0.4, 0.5) is 36.8 Å². The molecule has 0 aliphatic carbocycles. The van der Waals surface area contributed by atoms with Crippen LogP contribution in [0.15, 0.2) is 66.9 Å². The molecule has 4 nitrogen and oxygen atoms in total. The molecule has 188 valence electrons. The summed E-state index contributed by atoms with van der Waals surface area (Å²) >= 11 is 0. The van der Waals surface area contributed by atoms with E-state index in [1.807, 2.05) is 6.92 Å². The van der Waals surface area contributed by atoms with Crippen molar-refractivity contribution >= 4 is 11.7 Å². The van der Waals surface area contributed by atoms with Gasteiger partial charge in [0, 0.05) is 25.0 Å². The van der Waals surface area contributed by atoms with Gasteiger partial charge in [-0.3, -0.25) is 0 Å². The Morgan fingerprint density at radius 2 is 1.69 bits per heavy atom. The quantitative estimate of drug-likeness (QED) is 0.323. The topological polar surface area (TPSA) is 37.3 Å². The molecule has 0 saturated heterocycles. The molecule has 2 aromatic carbocycles. The molecule has 1 aromatic heterocycles. The predicted octanol–water partition coefficient (Wildman–Crippen LogP) is 7.41. The molecule has 0 unspecified atom stereocenters. The molecule has 1 heterocycles. The predicted molar refractivity (Wildman–Crippen MR) is 121 cm³/mol. The van der Waals surface area contributed by atoms with Crippen LogP contribution in [0.2, 0.25) is 0 Å². The van der Waals surface area contributed by atoms with E-state index in [1.54, 1.807) is 29.0 Å². The Hall–Kier alpha value is -3.43. The number of amides is 2. The van der Waals surface area contributed by atoms with E-state index in [9.17, 15) is 31.1 Å². The van der Waals surface area contributed by atoms with Gasteiger partial charge in [-0.25, -0.2) is 4.79 Å². The first kappa shape index (κ1) is 26.2. The zero-order chi connectivity index (χ0) is 25.6. The van der Waals surface area contributed by atoms with Gasteiger partial charge in [0.25, 0.3) is 0 Å². The van der Waals surface area contributed by atoms with Crippen molar-refractivity contribution in [3.63, 3.8) is 0 Å². The maximum absolute atomic E-state index is 13.3. The maximum atomic E-state index is 13.3. The summed E-state index contributed by atoms with van der Waals surface area (Å²) in [5, 5.41) is 2.36. The fraction of sp³-hybridized carbons (Fsp3) is 0.320. The van der Waals surface area contributed by atoms with E-state index in [-0.39, 0.29) is 18.8 Å². The van der Waals surface area contributed by atoms with Gasteiger partial charge in [-0.1, -0.05) is 37.6 Å². The summed E-state index contributed by atoms with van der Waals surface area (Å²) in [6, 6.07) is 12.4. The van der Waals surface area contributed by atoms with Gasteiger partial charge in [0.05, 0.1) is 23.4 Å². The Morgan fingerprint density at radius 3 is 2.37 bits per heavy atom. The van der Waals surface area contributed by atoms with Crippen molar-refractivity contribution in [3.05, 3.63) is 89.2 Å². The molecular weight excluding hydrogens is 472 g/mol. The number of halogens is 6. The van der Waals surface area contributed by atoms with E-state index < -0.39 is 29.5 Å². The number of alkyl halides is 6. The Kier molecular flexibility index (Phi) is 8.14. The van der Waals surface area contributed by atoms with Gasteiger partial charge in [0.1, 0.15) is 0 Å². The fourth-order valence-electron chi connectivity index (χ4n) is 3.62. The number of nitrogens with one attached hydrogen (secondary N) is 1. The molecule has 0 saturated carbocycles. The van der Waals surface area contributed by atoms with Crippen molar-refractivity contribution in [3.8, 4) is 0 Å². The molecule has 0 spiro atoms. The van der Waals surface area contributed by atoms with Crippen molar-refractivity contribution in [1.29, 1.82) is 0 Å². The first-order valence-electron chi connectivity index (χ1n) is 11.0. The normalized spacial score (nSPS) is 12.0. The number of carbonyl (C=O) groups is 1. The third-order valence-electron chi connectivity index (χ3n) is 5.43. The summed E-state index contributed by atoms with van der Waals surface area (Å²) in [6.45, 7) is 2.44. The van der Waals surface area contributed by atoms with Gasteiger partial charge in [0.15, 0.2) is 0 Å². The number of carbonyl (C=O) groups excluding carboxylic acids is 1. The van der Waals surface area contributed by atoms with E-state index in [0.717, 1.165) is 24.6 Å². The number of aromatic nitrogens is 1. The first-order chi connectivity index (χ1) is 16.5. The van der Waals surface area contributed by atoms with Crippen LogP contribution in [0.1, 0.15) is 42.1 Å². The van der Waals surface area contributed by atoms with E-state index in [2.05, 4.69) is 5.32 Å². The Bertz CT molecular complexity index is 1140. The van der Waals surface area contributed by atoms with Gasteiger partial charge >= 0.3 is 18.4 Å². The van der Waals surface area contributed by atoms with Crippen LogP contribution in [0.5, 0.6) is 0 Å². The zero-order valence-electron chi connectivity index (χ0n) is 19.0. The minimum Gasteiger partial charge on any atom is -0.345 e. The second kappa shape index (κ2) is 10.9. The molecule has 1 N–H and O–H groups in total. The van der Waals surface area contributed by atoms with Crippen molar-refractivity contribution < 1.29 is 31.1 Å². The van der Waals surface area contributed by atoms with Gasteiger partial charge in [0.2, 0.25) is 0 Å². The average Bonchev–Trinajstić information content (AvgIpc) is 3.22. The minimum atomic E-state index is -4.63. The second-order valence-electron chi connectivity index (χ2n) is 8.07. The fourth-order valence-corrected chi connectivity index (χ4v) is 3.62.